The van der Waals surface area contributed by atoms with Crippen LogP contribution in [0, 0.1) is 13.8 Å². The molecule has 0 aromatic heterocycles. The standard InChI is InChI=1S/C18H18BrClN2O3/c1-10-6-14(7-11(2)17(10)20)25-12(3)18(24)22-21-9-13-4-5-16(23)15(19)8-13/h4-9,12,23H,1-3H3,(H,22,24)/t12-/m1/s1. The third-order valence-electron chi connectivity index (χ3n) is 3.45. The van der Waals surface area contributed by atoms with Crippen LogP contribution in [-0.4, -0.2) is 23.3 Å². The Morgan fingerprint density at radius 1 is 1.32 bits per heavy atom. The van der Waals surface area contributed by atoms with Gasteiger partial charge in [-0.05, 0) is 83.7 Å². The highest BCUT2D eigenvalue weighted by Gasteiger charge is 2.15. The maximum atomic E-state index is 12.1. The van der Waals surface area contributed by atoms with E-state index in [-0.39, 0.29) is 11.7 Å². The maximum absolute atomic E-state index is 12.1. The molecule has 1 amide bonds. The van der Waals surface area contributed by atoms with E-state index in [1.807, 2.05) is 13.8 Å². The minimum Gasteiger partial charge on any atom is -0.507 e. The minimum absolute atomic E-state index is 0.136. The van der Waals surface area contributed by atoms with E-state index in [1.54, 1.807) is 31.2 Å². The lowest BCUT2D eigenvalue weighted by Gasteiger charge is -2.14. The van der Waals surface area contributed by atoms with Gasteiger partial charge in [-0.25, -0.2) is 5.43 Å². The maximum Gasteiger partial charge on any atom is 0.280 e. The number of benzene rings is 2. The third-order valence-corrected chi connectivity index (χ3v) is 4.68. The van der Waals surface area contributed by atoms with Gasteiger partial charge in [-0.2, -0.15) is 5.10 Å². The molecule has 0 radical (unpaired) electrons. The molecule has 0 aliphatic carbocycles. The quantitative estimate of drug-likeness (QED) is 0.553. The molecular formula is C18H18BrClN2O3. The molecule has 0 heterocycles. The van der Waals surface area contributed by atoms with E-state index in [1.165, 1.54) is 12.3 Å². The average Bonchev–Trinajstić information content (AvgIpc) is 2.55. The number of rotatable bonds is 5. The third kappa shape index (κ3) is 5.21. The molecule has 0 spiro atoms. The van der Waals surface area contributed by atoms with E-state index >= 15 is 0 Å². The van der Waals surface area contributed by atoms with E-state index in [0.29, 0.717) is 15.2 Å². The Morgan fingerprint density at radius 2 is 1.96 bits per heavy atom. The van der Waals surface area contributed by atoms with Crippen LogP contribution in [0.4, 0.5) is 0 Å². The highest BCUT2D eigenvalue weighted by atomic mass is 79.9. The molecule has 132 valence electrons. The van der Waals surface area contributed by atoms with Crippen LogP contribution in [0.15, 0.2) is 39.9 Å². The van der Waals surface area contributed by atoms with E-state index in [9.17, 15) is 9.90 Å². The van der Waals surface area contributed by atoms with Gasteiger partial charge in [-0.3, -0.25) is 4.79 Å². The first-order valence-electron chi connectivity index (χ1n) is 7.52. The number of hydrazone groups is 1. The van der Waals surface area contributed by atoms with Crippen molar-refractivity contribution < 1.29 is 14.6 Å². The normalized spacial score (nSPS) is 12.2. The van der Waals surface area contributed by atoms with Crippen LogP contribution < -0.4 is 10.2 Å². The van der Waals surface area contributed by atoms with Crippen LogP contribution >= 0.6 is 27.5 Å². The van der Waals surface area contributed by atoms with Crippen molar-refractivity contribution in [3.05, 3.63) is 56.5 Å². The van der Waals surface area contributed by atoms with Crippen LogP contribution in [0.1, 0.15) is 23.6 Å². The van der Waals surface area contributed by atoms with Crippen molar-refractivity contribution in [3.8, 4) is 11.5 Å². The highest BCUT2D eigenvalue weighted by molar-refractivity contribution is 9.10. The Labute approximate surface area is 159 Å². The second kappa shape index (κ2) is 8.36. The smallest absolute Gasteiger partial charge is 0.280 e. The second-order valence-corrected chi connectivity index (χ2v) is 6.81. The summed E-state index contributed by atoms with van der Waals surface area (Å²) in [6.07, 6.45) is 0.759. The topological polar surface area (TPSA) is 70.9 Å². The first-order valence-corrected chi connectivity index (χ1v) is 8.70. The SMILES string of the molecule is Cc1cc(O[C@H](C)C(=O)NN=Cc2ccc(O)c(Br)c2)cc(C)c1Cl. The van der Waals surface area contributed by atoms with Gasteiger partial charge in [0.1, 0.15) is 11.5 Å². The highest BCUT2D eigenvalue weighted by Crippen LogP contribution is 2.26. The first-order chi connectivity index (χ1) is 11.8. The number of aryl methyl sites for hydroxylation is 2. The van der Waals surface area contributed by atoms with Crippen molar-refractivity contribution >= 4 is 39.7 Å². The van der Waals surface area contributed by atoms with Crippen molar-refractivity contribution in [2.24, 2.45) is 5.10 Å². The number of nitrogens with one attached hydrogen (secondary N) is 1. The van der Waals surface area contributed by atoms with Crippen molar-refractivity contribution in [3.63, 3.8) is 0 Å². The lowest BCUT2D eigenvalue weighted by atomic mass is 10.1. The van der Waals surface area contributed by atoms with Gasteiger partial charge in [0.2, 0.25) is 0 Å². The van der Waals surface area contributed by atoms with Gasteiger partial charge in [0.05, 0.1) is 10.7 Å². The number of carbonyl (C=O) groups is 1. The molecule has 1 atom stereocenters. The summed E-state index contributed by atoms with van der Waals surface area (Å²) < 4.78 is 6.19. The Kier molecular flexibility index (Phi) is 6.45. The predicted octanol–water partition coefficient (Wildman–Crippen LogP) is 4.34. The van der Waals surface area contributed by atoms with Gasteiger partial charge in [-0.1, -0.05) is 11.6 Å². The van der Waals surface area contributed by atoms with E-state index in [0.717, 1.165) is 16.7 Å². The zero-order valence-corrected chi connectivity index (χ0v) is 16.4. The summed E-state index contributed by atoms with van der Waals surface area (Å²) in [5, 5.41) is 14.0. The number of hydrogen-bond acceptors (Lipinski definition) is 4. The molecule has 25 heavy (non-hydrogen) atoms. The summed E-state index contributed by atoms with van der Waals surface area (Å²) in [7, 11) is 0. The van der Waals surface area contributed by atoms with Gasteiger partial charge in [-0.15, -0.1) is 0 Å². The zero-order chi connectivity index (χ0) is 18.6. The molecule has 2 rings (SSSR count). The van der Waals surface area contributed by atoms with E-state index in [4.69, 9.17) is 16.3 Å². The molecule has 0 aliphatic heterocycles. The predicted molar refractivity (Wildman–Crippen MR) is 103 cm³/mol. The van der Waals surface area contributed by atoms with E-state index < -0.39 is 6.10 Å². The molecule has 5 nitrogen and oxygen atoms in total. The number of phenolic OH excluding ortho intramolecular Hbond substituents is 1. The summed E-state index contributed by atoms with van der Waals surface area (Å²) in [6, 6.07) is 8.47. The number of nitrogens with zero attached hydrogens (tertiary/aromatic N) is 1. The number of carbonyl (C=O) groups excluding carboxylic acids is 1. The molecule has 7 heteroatoms. The molecule has 0 bridgehead atoms. The zero-order valence-electron chi connectivity index (χ0n) is 14.0. The van der Waals surface area contributed by atoms with Crippen LogP contribution in [0.25, 0.3) is 0 Å². The molecule has 0 unspecified atom stereocenters. The fraction of sp³-hybridized carbons (Fsp3) is 0.222. The van der Waals surface area contributed by atoms with Gasteiger partial charge in [0, 0.05) is 5.02 Å². The number of phenols is 1. The Hall–Kier alpha value is -2.05. The summed E-state index contributed by atoms with van der Waals surface area (Å²) in [5.41, 5.74) is 4.93. The lowest BCUT2D eigenvalue weighted by molar-refractivity contribution is -0.127. The molecular weight excluding hydrogens is 408 g/mol. The summed E-state index contributed by atoms with van der Waals surface area (Å²) in [6.45, 7) is 5.40. The van der Waals surface area contributed by atoms with Crippen LogP contribution in [-0.2, 0) is 4.79 Å². The molecule has 2 N–H and O–H groups in total. The summed E-state index contributed by atoms with van der Waals surface area (Å²) in [5.74, 6) is 0.338. The molecule has 0 aliphatic rings. The van der Waals surface area contributed by atoms with Gasteiger partial charge < -0.3 is 9.84 Å². The number of aromatic hydroxyl groups is 1. The molecule has 2 aromatic rings. The van der Waals surface area contributed by atoms with Gasteiger partial charge in [0.25, 0.3) is 5.91 Å². The largest absolute Gasteiger partial charge is 0.507 e. The number of hydrogen-bond donors (Lipinski definition) is 2. The van der Waals surface area contributed by atoms with Crippen molar-refractivity contribution in [2.75, 3.05) is 0 Å². The Balaban J connectivity index is 1.96. The molecule has 0 saturated heterocycles. The molecule has 2 aromatic carbocycles. The first kappa shape index (κ1) is 19.3. The van der Waals surface area contributed by atoms with Gasteiger partial charge in [0.15, 0.2) is 6.10 Å². The number of amides is 1. The van der Waals surface area contributed by atoms with Crippen molar-refractivity contribution in [2.45, 2.75) is 26.9 Å². The summed E-state index contributed by atoms with van der Waals surface area (Å²) >= 11 is 9.34. The van der Waals surface area contributed by atoms with Crippen molar-refractivity contribution in [1.82, 2.24) is 5.43 Å². The molecule has 0 saturated carbocycles. The Bertz CT molecular complexity index is 801. The van der Waals surface area contributed by atoms with Crippen LogP contribution in [0.3, 0.4) is 0 Å². The fourth-order valence-corrected chi connectivity index (χ4v) is 2.60. The van der Waals surface area contributed by atoms with E-state index in [2.05, 4.69) is 26.5 Å². The van der Waals surface area contributed by atoms with Crippen LogP contribution in [0.5, 0.6) is 11.5 Å². The number of ether oxygens (including phenoxy) is 1. The van der Waals surface area contributed by atoms with Gasteiger partial charge >= 0.3 is 0 Å². The fourth-order valence-electron chi connectivity index (χ4n) is 2.10. The minimum atomic E-state index is -0.719. The van der Waals surface area contributed by atoms with Crippen LogP contribution in [0.2, 0.25) is 5.02 Å². The Morgan fingerprint density at radius 3 is 2.56 bits per heavy atom. The molecule has 0 fully saturated rings. The second-order valence-electron chi connectivity index (χ2n) is 5.58. The lowest BCUT2D eigenvalue weighted by Crippen LogP contribution is -2.33. The summed E-state index contributed by atoms with van der Waals surface area (Å²) in [4.78, 5) is 12.1. The number of halogens is 2. The monoisotopic (exact) mass is 424 g/mol. The van der Waals surface area contributed by atoms with Crippen molar-refractivity contribution in [1.29, 1.82) is 0 Å². The average molecular weight is 426 g/mol.